The van der Waals surface area contributed by atoms with Crippen LogP contribution in [-0.2, 0) is 0 Å². The van der Waals surface area contributed by atoms with Gasteiger partial charge in [-0.15, -0.1) is 0 Å². The van der Waals surface area contributed by atoms with Gasteiger partial charge in [0.2, 0.25) is 0 Å². The number of benzene rings is 2. The van der Waals surface area contributed by atoms with Crippen molar-refractivity contribution in [2.24, 2.45) is 0 Å². The molecule has 1 amide bonds. The first-order valence-corrected chi connectivity index (χ1v) is 5.59. The zero-order valence-corrected chi connectivity index (χ0v) is 10.1. The molecule has 0 unspecified atom stereocenters. The van der Waals surface area contributed by atoms with E-state index < -0.39 is 0 Å². The average molecular weight is 241 g/mol. The van der Waals surface area contributed by atoms with Crippen molar-refractivity contribution in [3.63, 3.8) is 0 Å². The lowest BCUT2D eigenvalue weighted by atomic mass is 10.1. The first-order chi connectivity index (χ1) is 8.56. The molecule has 0 spiro atoms. The second-order valence-electron chi connectivity index (χ2n) is 4.15. The second kappa shape index (κ2) is 4.79. The van der Waals surface area contributed by atoms with Crippen LogP contribution in [0.25, 0.3) is 0 Å². The monoisotopic (exact) mass is 241 g/mol. The third kappa shape index (κ3) is 2.60. The Morgan fingerprint density at radius 1 is 1.00 bits per heavy atom. The van der Waals surface area contributed by atoms with Crippen LogP contribution in [0.4, 0.5) is 17.1 Å². The minimum absolute atomic E-state index is 0.155. The van der Waals surface area contributed by atoms with Gasteiger partial charge in [-0.2, -0.15) is 0 Å². The summed E-state index contributed by atoms with van der Waals surface area (Å²) in [6.07, 6.45) is 0. The number of nitrogens with two attached hydrogens (primary N) is 2. The summed E-state index contributed by atoms with van der Waals surface area (Å²) < 4.78 is 0. The van der Waals surface area contributed by atoms with Crippen molar-refractivity contribution in [1.29, 1.82) is 0 Å². The Bertz CT molecular complexity index is 576. The van der Waals surface area contributed by atoms with Crippen molar-refractivity contribution < 1.29 is 4.79 Å². The number of nitrogen functional groups attached to an aromatic ring is 2. The van der Waals surface area contributed by atoms with Gasteiger partial charge >= 0.3 is 0 Å². The third-order valence-corrected chi connectivity index (χ3v) is 2.66. The minimum atomic E-state index is -0.155. The van der Waals surface area contributed by atoms with Gasteiger partial charge in [0, 0.05) is 22.6 Å². The number of carbonyl (C=O) groups excluding carboxylic acids is 1. The van der Waals surface area contributed by atoms with Gasteiger partial charge in [0.05, 0.1) is 0 Å². The van der Waals surface area contributed by atoms with Gasteiger partial charge in [0.25, 0.3) is 5.91 Å². The molecule has 4 nitrogen and oxygen atoms in total. The highest BCUT2D eigenvalue weighted by molar-refractivity contribution is 6.05. The summed E-state index contributed by atoms with van der Waals surface area (Å²) in [6.45, 7) is 1.86. The number of rotatable bonds is 2. The highest BCUT2D eigenvalue weighted by Gasteiger charge is 2.09. The molecule has 2 aromatic rings. The van der Waals surface area contributed by atoms with Gasteiger partial charge in [0.15, 0.2) is 0 Å². The van der Waals surface area contributed by atoms with E-state index in [1.165, 1.54) is 0 Å². The van der Waals surface area contributed by atoms with Crippen molar-refractivity contribution >= 4 is 23.0 Å². The van der Waals surface area contributed by atoms with E-state index >= 15 is 0 Å². The lowest BCUT2D eigenvalue weighted by molar-refractivity contribution is 0.102. The van der Waals surface area contributed by atoms with E-state index in [0.717, 1.165) is 5.56 Å². The Morgan fingerprint density at radius 2 is 1.61 bits per heavy atom. The van der Waals surface area contributed by atoms with E-state index in [2.05, 4.69) is 5.32 Å². The van der Waals surface area contributed by atoms with Gasteiger partial charge in [-0.1, -0.05) is 0 Å². The van der Waals surface area contributed by atoms with E-state index in [9.17, 15) is 4.79 Å². The molecule has 0 atom stereocenters. The van der Waals surface area contributed by atoms with Crippen LogP contribution < -0.4 is 16.8 Å². The van der Waals surface area contributed by atoms with Gasteiger partial charge < -0.3 is 16.8 Å². The first-order valence-electron chi connectivity index (χ1n) is 5.59. The molecule has 0 aliphatic rings. The number of aryl methyl sites for hydroxylation is 1. The molecule has 0 heterocycles. The molecule has 0 bridgehead atoms. The van der Waals surface area contributed by atoms with E-state index in [4.69, 9.17) is 11.5 Å². The van der Waals surface area contributed by atoms with Crippen molar-refractivity contribution in [2.75, 3.05) is 16.8 Å². The second-order valence-corrected chi connectivity index (χ2v) is 4.15. The predicted octanol–water partition coefficient (Wildman–Crippen LogP) is 2.41. The summed E-state index contributed by atoms with van der Waals surface area (Å²) >= 11 is 0. The Morgan fingerprint density at radius 3 is 2.22 bits per heavy atom. The number of hydrogen-bond acceptors (Lipinski definition) is 3. The zero-order chi connectivity index (χ0) is 13.1. The largest absolute Gasteiger partial charge is 0.399 e. The molecule has 0 saturated heterocycles. The van der Waals surface area contributed by atoms with Gasteiger partial charge in [0.1, 0.15) is 0 Å². The summed E-state index contributed by atoms with van der Waals surface area (Å²) in [5, 5.41) is 2.81. The summed E-state index contributed by atoms with van der Waals surface area (Å²) in [5.74, 6) is -0.155. The Kier molecular flexibility index (Phi) is 3.19. The fraction of sp³-hybridized carbons (Fsp3) is 0.0714. The van der Waals surface area contributed by atoms with E-state index in [1.807, 2.05) is 6.92 Å². The predicted molar refractivity (Wildman–Crippen MR) is 74.4 cm³/mol. The number of carbonyl (C=O) groups is 1. The fourth-order valence-electron chi connectivity index (χ4n) is 1.71. The molecule has 0 saturated carbocycles. The Balaban J connectivity index is 2.19. The van der Waals surface area contributed by atoms with Gasteiger partial charge in [-0.3, -0.25) is 4.79 Å². The number of amides is 1. The van der Waals surface area contributed by atoms with E-state index in [1.54, 1.807) is 42.5 Å². The molecule has 0 fully saturated rings. The lowest BCUT2D eigenvalue weighted by Gasteiger charge is -2.08. The normalized spacial score (nSPS) is 10.1. The highest BCUT2D eigenvalue weighted by atomic mass is 16.1. The van der Waals surface area contributed by atoms with Gasteiger partial charge in [-0.25, -0.2) is 0 Å². The van der Waals surface area contributed by atoms with Crippen LogP contribution in [0.1, 0.15) is 15.9 Å². The maximum absolute atomic E-state index is 12.0. The van der Waals surface area contributed by atoms with Crippen molar-refractivity contribution in [3.05, 3.63) is 53.6 Å². The average Bonchev–Trinajstić information content (AvgIpc) is 2.32. The number of nitrogens with one attached hydrogen (secondary N) is 1. The quantitative estimate of drug-likeness (QED) is 0.706. The van der Waals surface area contributed by atoms with Crippen LogP contribution in [0.3, 0.4) is 0 Å². The number of hydrogen-bond donors (Lipinski definition) is 3. The topological polar surface area (TPSA) is 81.1 Å². The standard InChI is InChI=1S/C14H15N3O/c1-9-8-11(16)4-7-13(9)14(18)17-12-5-2-10(15)3-6-12/h2-8H,15-16H2,1H3,(H,17,18). The van der Waals surface area contributed by atoms with Crippen LogP contribution >= 0.6 is 0 Å². The molecule has 5 N–H and O–H groups in total. The summed E-state index contributed by atoms with van der Waals surface area (Å²) in [6, 6.07) is 12.2. The van der Waals surface area contributed by atoms with Crippen LogP contribution in [0, 0.1) is 6.92 Å². The zero-order valence-electron chi connectivity index (χ0n) is 10.1. The van der Waals surface area contributed by atoms with E-state index in [0.29, 0.717) is 22.6 Å². The Labute approximate surface area is 106 Å². The molecule has 0 aliphatic heterocycles. The molecule has 2 rings (SSSR count). The summed E-state index contributed by atoms with van der Waals surface area (Å²) in [5.41, 5.74) is 14.7. The van der Waals surface area contributed by atoms with Crippen molar-refractivity contribution in [3.8, 4) is 0 Å². The molecule has 18 heavy (non-hydrogen) atoms. The Hall–Kier alpha value is -2.49. The molecule has 4 heteroatoms. The molecular formula is C14H15N3O. The first kappa shape index (κ1) is 12.0. The molecule has 2 aromatic carbocycles. The smallest absolute Gasteiger partial charge is 0.255 e. The van der Waals surface area contributed by atoms with Crippen molar-refractivity contribution in [1.82, 2.24) is 0 Å². The summed E-state index contributed by atoms with van der Waals surface area (Å²) in [4.78, 5) is 12.0. The molecular weight excluding hydrogens is 226 g/mol. The van der Waals surface area contributed by atoms with Crippen LogP contribution in [0.15, 0.2) is 42.5 Å². The maximum Gasteiger partial charge on any atom is 0.255 e. The molecule has 0 aliphatic carbocycles. The van der Waals surface area contributed by atoms with Crippen LogP contribution in [0.5, 0.6) is 0 Å². The fourth-order valence-corrected chi connectivity index (χ4v) is 1.71. The third-order valence-electron chi connectivity index (χ3n) is 2.66. The van der Waals surface area contributed by atoms with E-state index in [-0.39, 0.29) is 5.91 Å². The summed E-state index contributed by atoms with van der Waals surface area (Å²) in [7, 11) is 0. The van der Waals surface area contributed by atoms with Crippen molar-refractivity contribution in [2.45, 2.75) is 6.92 Å². The van der Waals surface area contributed by atoms with Gasteiger partial charge in [-0.05, 0) is 55.0 Å². The molecule has 0 radical (unpaired) electrons. The maximum atomic E-state index is 12.0. The minimum Gasteiger partial charge on any atom is -0.399 e. The lowest BCUT2D eigenvalue weighted by Crippen LogP contribution is -2.13. The molecule has 92 valence electrons. The molecule has 0 aromatic heterocycles. The van der Waals surface area contributed by atoms with Crippen LogP contribution in [-0.4, -0.2) is 5.91 Å². The highest BCUT2D eigenvalue weighted by Crippen LogP contribution is 2.16. The van der Waals surface area contributed by atoms with Crippen LogP contribution in [0.2, 0.25) is 0 Å². The number of anilines is 3. The SMILES string of the molecule is Cc1cc(N)ccc1C(=O)Nc1ccc(N)cc1.